The molecular formula is C12H8BrClFN3O3. The van der Waals surface area contributed by atoms with Gasteiger partial charge in [0, 0.05) is 12.3 Å². The molecule has 2 aromatic heterocycles. The fraction of sp³-hybridized carbons (Fsp3) is 0.167. The van der Waals surface area contributed by atoms with Gasteiger partial charge in [-0.1, -0.05) is 11.6 Å². The Labute approximate surface area is 132 Å². The highest BCUT2D eigenvalue weighted by atomic mass is 79.9. The minimum Gasteiger partial charge on any atom is -0.476 e. The van der Waals surface area contributed by atoms with Gasteiger partial charge in [0.25, 0.3) is 0 Å². The number of pyridine rings is 2. The molecule has 2 heterocycles. The standard InChI is InChI=1S/C12H8BrClFN3O3/c1-6(11-9(15)3-8(14)5-16-11)21-10-2-7(13)4-17-12(10)18(19)20/h2-6H,1H3. The Bertz CT molecular complexity index is 701. The van der Waals surface area contributed by atoms with Gasteiger partial charge in [-0.05, 0) is 38.8 Å². The first-order valence-electron chi connectivity index (χ1n) is 5.66. The van der Waals surface area contributed by atoms with Crippen molar-refractivity contribution in [3.8, 4) is 5.75 Å². The number of rotatable bonds is 4. The van der Waals surface area contributed by atoms with E-state index in [9.17, 15) is 14.5 Å². The molecule has 1 atom stereocenters. The third-order valence-corrected chi connectivity index (χ3v) is 3.14. The lowest BCUT2D eigenvalue weighted by molar-refractivity contribution is -0.390. The second-order valence-corrected chi connectivity index (χ2v) is 5.37. The van der Waals surface area contributed by atoms with Crippen molar-refractivity contribution in [1.82, 2.24) is 9.97 Å². The number of ether oxygens (including phenoxy) is 1. The van der Waals surface area contributed by atoms with Gasteiger partial charge in [0.15, 0.2) is 6.20 Å². The number of halogens is 3. The van der Waals surface area contributed by atoms with E-state index >= 15 is 0 Å². The zero-order chi connectivity index (χ0) is 15.6. The van der Waals surface area contributed by atoms with Gasteiger partial charge in [0.1, 0.15) is 17.6 Å². The molecule has 6 nitrogen and oxygen atoms in total. The van der Waals surface area contributed by atoms with Crippen molar-refractivity contribution in [3.63, 3.8) is 0 Å². The Morgan fingerprint density at radius 1 is 1.43 bits per heavy atom. The van der Waals surface area contributed by atoms with Crippen molar-refractivity contribution in [1.29, 1.82) is 0 Å². The summed E-state index contributed by atoms with van der Waals surface area (Å²) in [5, 5.41) is 11.1. The molecule has 0 saturated carbocycles. The maximum atomic E-state index is 13.8. The summed E-state index contributed by atoms with van der Waals surface area (Å²) in [6.07, 6.45) is 1.70. The summed E-state index contributed by atoms with van der Waals surface area (Å²) in [4.78, 5) is 17.7. The average molecular weight is 377 g/mol. The zero-order valence-electron chi connectivity index (χ0n) is 10.6. The van der Waals surface area contributed by atoms with Gasteiger partial charge < -0.3 is 14.9 Å². The molecule has 0 N–H and O–H groups in total. The third-order valence-electron chi connectivity index (χ3n) is 2.50. The lowest BCUT2D eigenvalue weighted by Gasteiger charge is -2.14. The van der Waals surface area contributed by atoms with Crippen molar-refractivity contribution >= 4 is 33.3 Å². The maximum absolute atomic E-state index is 13.8. The van der Waals surface area contributed by atoms with Crippen LogP contribution in [0.3, 0.4) is 0 Å². The minimum absolute atomic E-state index is 0.00586. The first-order valence-corrected chi connectivity index (χ1v) is 6.83. The first kappa shape index (κ1) is 15.6. The fourth-order valence-corrected chi connectivity index (χ4v) is 2.06. The molecule has 0 fully saturated rings. The normalized spacial score (nSPS) is 12.0. The molecule has 0 aromatic carbocycles. The van der Waals surface area contributed by atoms with Gasteiger partial charge in [-0.25, -0.2) is 4.39 Å². The highest BCUT2D eigenvalue weighted by Crippen LogP contribution is 2.31. The lowest BCUT2D eigenvalue weighted by atomic mass is 10.2. The Balaban J connectivity index is 2.33. The highest BCUT2D eigenvalue weighted by molar-refractivity contribution is 9.10. The topological polar surface area (TPSA) is 78.2 Å². The summed E-state index contributed by atoms with van der Waals surface area (Å²) >= 11 is 8.76. The zero-order valence-corrected chi connectivity index (χ0v) is 12.9. The van der Waals surface area contributed by atoms with Crippen molar-refractivity contribution in [2.45, 2.75) is 13.0 Å². The summed E-state index contributed by atoms with van der Waals surface area (Å²) in [5.74, 6) is -1.20. The molecule has 0 spiro atoms. The third kappa shape index (κ3) is 3.64. The lowest BCUT2D eigenvalue weighted by Crippen LogP contribution is -2.09. The highest BCUT2D eigenvalue weighted by Gasteiger charge is 2.22. The summed E-state index contributed by atoms with van der Waals surface area (Å²) < 4.78 is 19.7. The van der Waals surface area contributed by atoms with Crippen LogP contribution in [0, 0.1) is 15.9 Å². The molecule has 0 aliphatic rings. The van der Waals surface area contributed by atoms with E-state index in [2.05, 4.69) is 25.9 Å². The Morgan fingerprint density at radius 3 is 2.76 bits per heavy atom. The molecule has 2 aromatic rings. The van der Waals surface area contributed by atoms with Gasteiger partial charge in [-0.2, -0.15) is 0 Å². The van der Waals surface area contributed by atoms with Gasteiger partial charge in [0.05, 0.1) is 9.50 Å². The smallest absolute Gasteiger partial charge is 0.406 e. The van der Waals surface area contributed by atoms with E-state index < -0.39 is 22.7 Å². The fourth-order valence-electron chi connectivity index (χ4n) is 1.61. The van der Waals surface area contributed by atoms with E-state index in [1.807, 2.05) is 0 Å². The number of nitro groups is 1. The second kappa shape index (κ2) is 6.31. The Kier molecular flexibility index (Phi) is 4.69. The number of hydrogen-bond donors (Lipinski definition) is 0. The van der Waals surface area contributed by atoms with Gasteiger partial charge >= 0.3 is 5.82 Å². The predicted octanol–water partition coefficient (Wildman–Crippen LogP) is 4.08. The van der Waals surface area contributed by atoms with Crippen LogP contribution in [-0.4, -0.2) is 14.9 Å². The van der Waals surface area contributed by atoms with Crippen LogP contribution in [0.15, 0.2) is 29.0 Å². The van der Waals surface area contributed by atoms with Crippen molar-refractivity contribution < 1.29 is 14.1 Å². The average Bonchev–Trinajstić information content (AvgIpc) is 2.37. The van der Waals surface area contributed by atoms with Crippen LogP contribution >= 0.6 is 27.5 Å². The summed E-state index contributed by atoms with van der Waals surface area (Å²) in [6, 6.07) is 2.48. The second-order valence-electron chi connectivity index (χ2n) is 4.01. The molecule has 21 heavy (non-hydrogen) atoms. The van der Waals surface area contributed by atoms with Gasteiger partial charge in [-0.15, -0.1) is 0 Å². The van der Waals surface area contributed by atoms with Crippen LogP contribution in [0.2, 0.25) is 5.02 Å². The first-order chi connectivity index (χ1) is 9.88. The van der Waals surface area contributed by atoms with Gasteiger partial charge in [-0.3, -0.25) is 4.98 Å². The molecule has 9 heteroatoms. The van der Waals surface area contributed by atoms with Crippen LogP contribution in [0.5, 0.6) is 5.75 Å². The molecule has 0 aliphatic heterocycles. The summed E-state index contributed by atoms with van der Waals surface area (Å²) in [5.41, 5.74) is -0.00586. The van der Waals surface area contributed by atoms with Crippen molar-refractivity contribution in [2.75, 3.05) is 0 Å². The Hall–Kier alpha value is -1.80. The van der Waals surface area contributed by atoms with Gasteiger partial charge in [0.2, 0.25) is 5.75 Å². The monoisotopic (exact) mass is 375 g/mol. The quantitative estimate of drug-likeness (QED) is 0.593. The van der Waals surface area contributed by atoms with E-state index in [1.54, 1.807) is 0 Å². The van der Waals surface area contributed by atoms with Crippen LogP contribution in [0.1, 0.15) is 18.7 Å². The van der Waals surface area contributed by atoms with E-state index in [1.165, 1.54) is 25.4 Å². The summed E-state index contributed by atoms with van der Waals surface area (Å²) in [7, 11) is 0. The molecule has 0 amide bonds. The number of aromatic nitrogens is 2. The van der Waals surface area contributed by atoms with Crippen LogP contribution in [0.25, 0.3) is 0 Å². The van der Waals surface area contributed by atoms with E-state index in [4.69, 9.17) is 16.3 Å². The molecule has 110 valence electrons. The molecule has 0 bridgehead atoms. The molecule has 0 radical (unpaired) electrons. The summed E-state index contributed by atoms with van der Waals surface area (Å²) in [6.45, 7) is 1.52. The SMILES string of the molecule is CC(Oc1cc(Br)cnc1[N+](=O)[O-])c1ncc(Cl)cc1F. The largest absolute Gasteiger partial charge is 0.476 e. The van der Waals surface area contributed by atoms with Crippen LogP contribution in [-0.2, 0) is 0 Å². The van der Waals surface area contributed by atoms with Crippen molar-refractivity contribution in [2.24, 2.45) is 0 Å². The molecule has 0 saturated heterocycles. The van der Waals surface area contributed by atoms with Crippen LogP contribution < -0.4 is 4.74 Å². The number of nitrogens with zero attached hydrogens (tertiary/aromatic N) is 3. The molecule has 2 rings (SSSR count). The minimum atomic E-state index is -0.850. The van der Waals surface area contributed by atoms with E-state index in [-0.39, 0.29) is 16.5 Å². The molecular weight excluding hydrogens is 369 g/mol. The van der Waals surface area contributed by atoms with Crippen LogP contribution in [0.4, 0.5) is 10.2 Å². The predicted molar refractivity (Wildman–Crippen MR) is 76.8 cm³/mol. The van der Waals surface area contributed by atoms with E-state index in [0.717, 1.165) is 6.07 Å². The molecule has 1 unspecified atom stereocenters. The van der Waals surface area contributed by atoms with E-state index in [0.29, 0.717) is 4.47 Å². The van der Waals surface area contributed by atoms with Crippen molar-refractivity contribution in [3.05, 3.63) is 55.6 Å². The maximum Gasteiger partial charge on any atom is 0.406 e. The number of hydrogen-bond acceptors (Lipinski definition) is 5. The Morgan fingerprint density at radius 2 is 2.14 bits per heavy atom. The molecule has 0 aliphatic carbocycles.